The summed E-state index contributed by atoms with van der Waals surface area (Å²) in [6.45, 7) is 3.50. The predicted molar refractivity (Wildman–Crippen MR) is 104 cm³/mol. The minimum absolute atomic E-state index is 0.0275. The number of phenolic OH excluding ortho intramolecular Hbond substituents is 1. The summed E-state index contributed by atoms with van der Waals surface area (Å²) < 4.78 is 6.07. The Bertz CT molecular complexity index is 699. The second kappa shape index (κ2) is 7.42. The summed E-state index contributed by atoms with van der Waals surface area (Å²) in [6, 6.07) is 18.4. The number of ether oxygens (including phenoxy) is 1. The molecule has 2 aliphatic rings. The van der Waals surface area contributed by atoms with Gasteiger partial charge in [-0.2, -0.15) is 0 Å². The van der Waals surface area contributed by atoms with Crippen molar-refractivity contribution in [2.24, 2.45) is 11.8 Å². The standard InChI is InChI=1S/C23H29NO2/c1-26-23(13-19-5-3-2-4-6-19)14-20-16-24(17-21(20)15-23)12-11-18-7-9-22(25)10-8-18/h2-10,20-21,25H,11-17H2,1H3/t20-,21+,23?. The molecule has 3 heteroatoms. The average Bonchev–Trinajstić information content (AvgIpc) is 3.18. The summed E-state index contributed by atoms with van der Waals surface area (Å²) in [6.07, 6.45) is 4.45. The number of likely N-dealkylation sites (tertiary alicyclic amines) is 1. The molecule has 2 aromatic rings. The van der Waals surface area contributed by atoms with Crippen LogP contribution in [0.4, 0.5) is 0 Å². The van der Waals surface area contributed by atoms with Crippen molar-refractivity contribution >= 4 is 0 Å². The summed E-state index contributed by atoms with van der Waals surface area (Å²) >= 11 is 0. The number of fused-ring (bicyclic) bond motifs is 1. The van der Waals surface area contributed by atoms with Gasteiger partial charge in [0.25, 0.3) is 0 Å². The number of hydrogen-bond donors (Lipinski definition) is 1. The molecule has 1 aliphatic heterocycles. The number of aromatic hydroxyl groups is 1. The maximum absolute atomic E-state index is 9.40. The van der Waals surface area contributed by atoms with Crippen LogP contribution >= 0.6 is 0 Å². The number of hydrogen-bond acceptors (Lipinski definition) is 3. The smallest absolute Gasteiger partial charge is 0.115 e. The van der Waals surface area contributed by atoms with Gasteiger partial charge in [0.05, 0.1) is 5.60 Å². The molecule has 3 nitrogen and oxygen atoms in total. The number of nitrogens with zero attached hydrogens (tertiary/aromatic N) is 1. The third-order valence-electron chi connectivity index (χ3n) is 6.38. The molecule has 1 aliphatic carbocycles. The van der Waals surface area contributed by atoms with Gasteiger partial charge in [-0.05, 0) is 54.4 Å². The van der Waals surface area contributed by atoms with Crippen molar-refractivity contribution < 1.29 is 9.84 Å². The van der Waals surface area contributed by atoms with E-state index in [0.717, 1.165) is 31.2 Å². The number of rotatable bonds is 6. The lowest BCUT2D eigenvalue weighted by molar-refractivity contribution is -0.0130. The Hall–Kier alpha value is -1.84. The van der Waals surface area contributed by atoms with Gasteiger partial charge in [-0.1, -0.05) is 42.5 Å². The second-order valence-corrected chi connectivity index (χ2v) is 8.15. The SMILES string of the molecule is COC1(Cc2ccccc2)C[C@H]2CN(CCc3ccc(O)cc3)C[C@H]2C1. The van der Waals surface area contributed by atoms with E-state index >= 15 is 0 Å². The van der Waals surface area contributed by atoms with Crippen LogP contribution in [0.15, 0.2) is 54.6 Å². The highest BCUT2D eigenvalue weighted by molar-refractivity contribution is 5.26. The van der Waals surface area contributed by atoms with Gasteiger partial charge in [-0.25, -0.2) is 0 Å². The zero-order chi connectivity index (χ0) is 18.0. The Kier molecular flexibility index (Phi) is 5.01. The normalized spacial score (nSPS) is 28.3. The summed E-state index contributed by atoms with van der Waals surface area (Å²) in [7, 11) is 1.90. The maximum Gasteiger partial charge on any atom is 0.115 e. The fourth-order valence-corrected chi connectivity index (χ4v) is 5.02. The van der Waals surface area contributed by atoms with Crippen molar-refractivity contribution in [1.29, 1.82) is 0 Å². The van der Waals surface area contributed by atoms with Crippen LogP contribution in [0.3, 0.4) is 0 Å². The first-order valence-corrected chi connectivity index (χ1v) is 9.75. The Morgan fingerprint density at radius 3 is 2.23 bits per heavy atom. The highest BCUT2D eigenvalue weighted by Gasteiger charge is 2.49. The monoisotopic (exact) mass is 351 g/mol. The molecule has 0 aromatic heterocycles. The van der Waals surface area contributed by atoms with Crippen molar-refractivity contribution in [3.63, 3.8) is 0 Å². The fraction of sp³-hybridized carbons (Fsp3) is 0.478. The molecule has 26 heavy (non-hydrogen) atoms. The van der Waals surface area contributed by atoms with Gasteiger partial charge in [-0.15, -0.1) is 0 Å². The van der Waals surface area contributed by atoms with Crippen LogP contribution < -0.4 is 0 Å². The minimum Gasteiger partial charge on any atom is -0.508 e. The summed E-state index contributed by atoms with van der Waals surface area (Å²) in [4.78, 5) is 2.62. The molecule has 1 saturated carbocycles. The average molecular weight is 351 g/mol. The quantitative estimate of drug-likeness (QED) is 0.857. The van der Waals surface area contributed by atoms with Gasteiger partial charge in [0.2, 0.25) is 0 Å². The zero-order valence-electron chi connectivity index (χ0n) is 15.6. The van der Waals surface area contributed by atoms with E-state index in [1.165, 1.54) is 37.1 Å². The van der Waals surface area contributed by atoms with Crippen LogP contribution in [0.25, 0.3) is 0 Å². The Labute approximate surface area is 156 Å². The molecule has 4 rings (SSSR count). The topological polar surface area (TPSA) is 32.7 Å². The molecule has 2 fully saturated rings. The van der Waals surface area contributed by atoms with Crippen LogP contribution in [0.5, 0.6) is 5.75 Å². The van der Waals surface area contributed by atoms with Gasteiger partial charge in [0.15, 0.2) is 0 Å². The Balaban J connectivity index is 1.32. The van der Waals surface area contributed by atoms with Crippen molar-refractivity contribution in [2.75, 3.05) is 26.7 Å². The van der Waals surface area contributed by atoms with Gasteiger partial charge >= 0.3 is 0 Å². The van der Waals surface area contributed by atoms with Crippen molar-refractivity contribution in [1.82, 2.24) is 4.90 Å². The summed E-state index contributed by atoms with van der Waals surface area (Å²) in [5, 5.41) is 9.40. The minimum atomic E-state index is 0.0275. The molecule has 0 radical (unpaired) electrons. The van der Waals surface area contributed by atoms with E-state index in [2.05, 4.69) is 35.2 Å². The molecule has 0 spiro atoms. The molecule has 3 atom stereocenters. The highest BCUT2D eigenvalue weighted by atomic mass is 16.5. The lowest BCUT2D eigenvalue weighted by Crippen LogP contribution is -2.34. The lowest BCUT2D eigenvalue weighted by Gasteiger charge is -2.30. The van der Waals surface area contributed by atoms with Crippen molar-refractivity contribution in [2.45, 2.75) is 31.3 Å². The van der Waals surface area contributed by atoms with Crippen molar-refractivity contribution in [3.05, 3.63) is 65.7 Å². The molecule has 1 N–H and O–H groups in total. The first-order chi connectivity index (χ1) is 12.7. The number of benzene rings is 2. The maximum atomic E-state index is 9.40. The van der Waals surface area contributed by atoms with Crippen LogP contribution in [0, 0.1) is 11.8 Å². The number of methoxy groups -OCH3 is 1. The van der Waals surface area contributed by atoms with E-state index in [-0.39, 0.29) is 5.60 Å². The van der Waals surface area contributed by atoms with E-state index in [4.69, 9.17) is 4.74 Å². The molecular weight excluding hydrogens is 322 g/mol. The van der Waals surface area contributed by atoms with Gasteiger partial charge < -0.3 is 14.7 Å². The molecule has 1 saturated heterocycles. The molecule has 0 bridgehead atoms. The Morgan fingerprint density at radius 2 is 1.62 bits per heavy atom. The first kappa shape index (κ1) is 17.6. The zero-order valence-corrected chi connectivity index (χ0v) is 15.6. The molecule has 1 heterocycles. The molecular formula is C23H29NO2. The molecule has 138 valence electrons. The predicted octanol–water partition coefficient (Wildman–Crippen LogP) is 3.90. The molecule has 2 aromatic carbocycles. The van der Waals surface area contributed by atoms with E-state index in [1.54, 1.807) is 12.1 Å². The molecule has 1 unspecified atom stereocenters. The van der Waals surface area contributed by atoms with E-state index in [0.29, 0.717) is 5.75 Å². The van der Waals surface area contributed by atoms with Crippen LogP contribution in [0.1, 0.15) is 24.0 Å². The van der Waals surface area contributed by atoms with Crippen molar-refractivity contribution in [3.8, 4) is 5.75 Å². The van der Waals surface area contributed by atoms with Crippen LogP contribution in [0.2, 0.25) is 0 Å². The van der Waals surface area contributed by atoms with Gasteiger partial charge in [0.1, 0.15) is 5.75 Å². The third kappa shape index (κ3) is 3.79. The highest BCUT2D eigenvalue weighted by Crippen LogP contribution is 2.47. The Morgan fingerprint density at radius 1 is 0.962 bits per heavy atom. The fourth-order valence-electron chi connectivity index (χ4n) is 5.02. The van der Waals surface area contributed by atoms with Crippen LogP contribution in [-0.2, 0) is 17.6 Å². The second-order valence-electron chi connectivity index (χ2n) is 8.15. The van der Waals surface area contributed by atoms with Gasteiger partial charge in [-0.3, -0.25) is 0 Å². The summed E-state index contributed by atoms with van der Waals surface area (Å²) in [5.74, 6) is 1.87. The lowest BCUT2D eigenvalue weighted by atomic mass is 9.91. The van der Waals surface area contributed by atoms with E-state index in [9.17, 15) is 5.11 Å². The van der Waals surface area contributed by atoms with Crippen LogP contribution in [-0.4, -0.2) is 42.4 Å². The largest absolute Gasteiger partial charge is 0.508 e. The van der Waals surface area contributed by atoms with Gasteiger partial charge in [0, 0.05) is 33.2 Å². The third-order valence-corrected chi connectivity index (χ3v) is 6.38. The summed E-state index contributed by atoms with van der Waals surface area (Å²) in [5.41, 5.74) is 2.72. The van der Waals surface area contributed by atoms with E-state index in [1.807, 2.05) is 19.2 Å². The van der Waals surface area contributed by atoms with E-state index < -0.39 is 0 Å². The number of phenols is 1. The first-order valence-electron chi connectivity index (χ1n) is 9.75. The molecule has 0 amide bonds.